The van der Waals surface area contributed by atoms with E-state index in [9.17, 15) is 4.79 Å². The van der Waals surface area contributed by atoms with E-state index >= 15 is 0 Å². The number of rotatable bonds is 6. The second-order valence-electron chi connectivity index (χ2n) is 6.35. The van der Waals surface area contributed by atoms with Crippen molar-refractivity contribution in [1.82, 2.24) is 9.80 Å². The van der Waals surface area contributed by atoms with Crippen molar-refractivity contribution in [2.75, 3.05) is 51.8 Å². The van der Waals surface area contributed by atoms with Gasteiger partial charge in [0, 0.05) is 52.1 Å². The first-order chi connectivity index (χ1) is 11.1. The van der Waals surface area contributed by atoms with Gasteiger partial charge in [0.15, 0.2) is 0 Å². The minimum absolute atomic E-state index is 0.00893. The third-order valence-corrected chi connectivity index (χ3v) is 4.31. The highest BCUT2D eigenvalue weighted by Crippen LogP contribution is 2.24. The number of ether oxygens (including phenoxy) is 1. The molecule has 5 heteroatoms. The highest BCUT2D eigenvalue weighted by molar-refractivity contribution is 5.90. The van der Waals surface area contributed by atoms with E-state index in [-0.39, 0.29) is 6.03 Å². The van der Waals surface area contributed by atoms with Crippen LogP contribution in [0.1, 0.15) is 31.7 Å². The van der Waals surface area contributed by atoms with Gasteiger partial charge in [-0.2, -0.15) is 0 Å². The molecule has 0 radical (unpaired) electrons. The molecule has 1 heterocycles. The number of amides is 2. The summed E-state index contributed by atoms with van der Waals surface area (Å²) >= 11 is 0. The van der Waals surface area contributed by atoms with Gasteiger partial charge in [0.25, 0.3) is 0 Å². The molecule has 1 aromatic rings. The Balaban J connectivity index is 1.84. The molecule has 2 rings (SSSR count). The summed E-state index contributed by atoms with van der Waals surface area (Å²) in [7, 11) is 1.73. The molecule has 1 N–H and O–H groups in total. The van der Waals surface area contributed by atoms with Gasteiger partial charge in [-0.05, 0) is 24.0 Å². The van der Waals surface area contributed by atoms with Crippen LogP contribution < -0.4 is 5.32 Å². The Hall–Kier alpha value is -1.59. The van der Waals surface area contributed by atoms with Crippen LogP contribution in [-0.4, -0.2) is 62.3 Å². The molecular weight excluding hydrogens is 290 g/mol. The van der Waals surface area contributed by atoms with Gasteiger partial charge in [-0.15, -0.1) is 0 Å². The maximum Gasteiger partial charge on any atom is 0.321 e. The fraction of sp³-hybridized carbons (Fsp3) is 0.611. The van der Waals surface area contributed by atoms with Crippen LogP contribution in [0.4, 0.5) is 10.5 Å². The number of hydrogen-bond donors (Lipinski definition) is 1. The number of benzene rings is 1. The first-order valence-corrected chi connectivity index (χ1v) is 8.48. The second kappa shape index (κ2) is 8.89. The summed E-state index contributed by atoms with van der Waals surface area (Å²) in [4.78, 5) is 16.8. The Morgan fingerprint density at radius 1 is 1.22 bits per heavy atom. The molecule has 1 aliphatic rings. The van der Waals surface area contributed by atoms with Gasteiger partial charge in [0.05, 0.1) is 0 Å². The third kappa shape index (κ3) is 5.22. The molecule has 0 atom stereocenters. The van der Waals surface area contributed by atoms with Crippen molar-refractivity contribution in [3.8, 4) is 0 Å². The van der Waals surface area contributed by atoms with Gasteiger partial charge in [0.2, 0.25) is 0 Å². The predicted octanol–water partition coefficient (Wildman–Crippen LogP) is 3.00. The first-order valence-electron chi connectivity index (χ1n) is 8.48. The number of urea groups is 1. The lowest BCUT2D eigenvalue weighted by atomic mass is 10.0. The van der Waals surface area contributed by atoms with Gasteiger partial charge >= 0.3 is 6.03 Å². The Morgan fingerprint density at radius 3 is 2.57 bits per heavy atom. The molecule has 1 aliphatic heterocycles. The number of nitrogens with one attached hydrogen (secondary N) is 1. The third-order valence-electron chi connectivity index (χ3n) is 4.31. The number of para-hydroxylation sites is 1. The van der Waals surface area contributed by atoms with Crippen molar-refractivity contribution in [3.05, 3.63) is 29.8 Å². The molecular formula is C18H29N3O2. The number of hydrogen-bond acceptors (Lipinski definition) is 3. The molecule has 2 amide bonds. The molecule has 128 valence electrons. The van der Waals surface area contributed by atoms with Gasteiger partial charge in [-0.25, -0.2) is 4.79 Å². The normalized spacial score (nSPS) is 15.9. The molecule has 1 saturated heterocycles. The average molecular weight is 319 g/mol. The Kier molecular flexibility index (Phi) is 6.86. The highest BCUT2D eigenvalue weighted by Gasteiger charge is 2.21. The lowest BCUT2D eigenvalue weighted by Gasteiger charge is -2.34. The summed E-state index contributed by atoms with van der Waals surface area (Å²) < 4.78 is 5.09. The van der Waals surface area contributed by atoms with Crippen LogP contribution in [0.15, 0.2) is 24.3 Å². The fourth-order valence-corrected chi connectivity index (χ4v) is 2.92. The number of piperazine rings is 1. The van der Waals surface area contributed by atoms with Crippen LogP contribution in [0, 0.1) is 0 Å². The van der Waals surface area contributed by atoms with Crippen molar-refractivity contribution >= 4 is 11.7 Å². The smallest absolute Gasteiger partial charge is 0.321 e. The molecule has 0 unspecified atom stereocenters. The lowest BCUT2D eigenvalue weighted by molar-refractivity contribution is 0.130. The van der Waals surface area contributed by atoms with Crippen molar-refractivity contribution in [2.24, 2.45) is 0 Å². The van der Waals surface area contributed by atoms with Crippen LogP contribution in [-0.2, 0) is 4.74 Å². The Morgan fingerprint density at radius 2 is 1.91 bits per heavy atom. The van der Waals surface area contributed by atoms with Crippen LogP contribution in [0.25, 0.3) is 0 Å². The second-order valence-corrected chi connectivity index (χ2v) is 6.35. The molecule has 0 bridgehead atoms. The molecule has 0 aliphatic carbocycles. The minimum Gasteiger partial charge on any atom is -0.385 e. The van der Waals surface area contributed by atoms with Gasteiger partial charge in [-0.1, -0.05) is 32.0 Å². The first kappa shape index (κ1) is 17.8. The van der Waals surface area contributed by atoms with Crippen molar-refractivity contribution in [2.45, 2.75) is 26.2 Å². The highest BCUT2D eigenvalue weighted by atomic mass is 16.5. The van der Waals surface area contributed by atoms with E-state index in [0.717, 1.165) is 51.4 Å². The van der Waals surface area contributed by atoms with Crippen LogP contribution >= 0.6 is 0 Å². The number of carbonyl (C=O) groups excluding carboxylic acids is 1. The zero-order chi connectivity index (χ0) is 16.7. The Labute approximate surface area is 139 Å². The maximum atomic E-state index is 12.5. The maximum absolute atomic E-state index is 12.5. The summed E-state index contributed by atoms with van der Waals surface area (Å²) in [5.74, 6) is 0.393. The quantitative estimate of drug-likeness (QED) is 0.820. The van der Waals surface area contributed by atoms with E-state index in [4.69, 9.17) is 4.74 Å². The standard InChI is InChI=1S/C18H29N3O2/c1-15(2)16-7-4-5-8-17(16)19-18(22)21-12-10-20(11-13-21)9-6-14-23-3/h4-5,7-8,15H,6,9-14H2,1-3H3,(H,19,22). The Bertz CT molecular complexity index is 497. The SMILES string of the molecule is COCCCN1CCN(C(=O)Nc2ccccc2C(C)C)CC1. The van der Waals surface area contributed by atoms with E-state index < -0.39 is 0 Å². The zero-order valence-electron chi connectivity index (χ0n) is 14.5. The molecule has 5 nitrogen and oxygen atoms in total. The van der Waals surface area contributed by atoms with E-state index in [2.05, 4.69) is 30.1 Å². The minimum atomic E-state index is 0.00893. The monoisotopic (exact) mass is 319 g/mol. The topological polar surface area (TPSA) is 44.8 Å². The van der Waals surface area contributed by atoms with E-state index in [1.165, 1.54) is 5.56 Å². The lowest BCUT2D eigenvalue weighted by Crippen LogP contribution is -2.50. The van der Waals surface area contributed by atoms with E-state index in [0.29, 0.717) is 5.92 Å². The molecule has 0 aromatic heterocycles. The molecule has 0 saturated carbocycles. The summed E-state index contributed by atoms with van der Waals surface area (Å²) in [5.41, 5.74) is 2.11. The molecule has 1 fully saturated rings. The number of carbonyl (C=O) groups is 1. The van der Waals surface area contributed by atoms with Crippen LogP contribution in [0.5, 0.6) is 0 Å². The summed E-state index contributed by atoms with van der Waals surface area (Å²) in [6.07, 6.45) is 1.05. The summed E-state index contributed by atoms with van der Waals surface area (Å²) in [6, 6.07) is 8.05. The van der Waals surface area contributed by atoms with Crippen LogP contribution in [0.2, 0.25) is 0 Å². The number of nitrogens with zero attached hydrogens (tertiary/aromatic N) is 2. The van der Waals surface area contributed by atoms with Crippen molar-refractivity contribution < 1.29 is 9.53 Å². The van der Waals surface area contributed by atoms with Crippen molar-refractivity contribution in [1.29, 1.82) is 0 Å². The average Bonchev–Trinajstić information content (AvgIpc) is 2.56. The molecule has 1 aromatic carbocycles. The van der Waals surface area contributed by atoms with Crippen LogP contribution in [0.3, 0.4) is 0 Å². The summed E-state index contributed by atoms with van der Waals surface area (Å²) in [6.45, 7) is 9.55. The van der Waals surface area contributed by atoms with Gasteiger partial charge in [0.1, 0.15) is 0 Å². The molecule has 0 spiro atoms. The largest absolute Gasteiger partial charge is 0.385 e. The van der Waals surface area contributed by atoms with Crippen molar-refractivity contribution in [3.63, 3.8) is 0 Å². The predicted molar refractivity (Wildman–Crippen MR) is 94.1 cm³/mol. The summed E-state index contributed by atoms with van der Waals surface area (Å²) in [5, 5.41) is 3.08. The number of methoxy groups -OCH3 is 1. The fourth-order valence-electron chi connectivity index (χ4n) is 2.92. The van der Waals surface area contributed by atoms with E-state index in [1.54, 1.807) is 7.11 Å². The molecule has 23 heavy (non-hydrogen) atoms. The van der Waals surface area contributed by atoms with Gasteiger partial charge in [-0.3, -0.25) is 4.90 Å². The van der Waals surface area contributed by atoms with E-state index in [1.807, 2.05) is 23.1 Å². The van der Waals surface area contributed by atoms with Gasteiger partial charge < -0.3 is 15.0 Å². The zero-order valence-corrected chi connectivity index (χ0v) is 14.5. The number of anilines is 1.